The Labute approximate surface area is 135 Å². The monoisotopic (exact) mass is 315 g/mol. The van der Waals surface area contributed by atoms with Crippen LogP contribution >= 0.6 is 0 Å². The Bertz CT molecular complexity index is 709. The first-order chi connectivity index (χ1) is 11.1. The normalized spacial score (nSPS) is 14.6. The molecule has 2 aromatic rings. The van der Waals surface area contributed by atoms with Gasteiger partial charge >= 0.3 is 0 Å². The molecule has 1 atom stereocenters. The maximum absolute atomic E-state index is 12.5. The lowest BCUT2D eigenvalue weighted by Crippen LogP contribution is -2.32. The van der Waals surface area contributed by atoms with Gasteiger partial charge in [-0.3, -0.25) is 9.89 Å². The summed E-state index contributed by atoms with van der Waals surface area (Å²) < 4.78 is 11.2. The highest BCUT2D eigenvalue weighted by atomic mass is 16.6. The lowest BCUT2D eigenvalue weighted by atomic mass is 9.95. The molecule has 1 aliphatic heterocycles. The Morgan fingerprint density at radius 1 is 1.26 bits per heavy atom. The number of ether oxygens (including phenoxy) is 2. The average Bonchev–Trinajstić information content (AvgIpc) is 2.98. The minimum Gasteiger partial charge on any atom is -0.486 e. The van der Waals surface area contributed by atoms with Gasteiger partial charge in [-0.05, 0) is 30.5 Å². The van der Waals surface area contributed by atoms with E-state index >= 15 is 0 Å². The summed E-state index contributed by atoms with van der Waals surface area (Å²) in [6.45, 7) is 7.09. The minimum absolute atomic E-state index is 0.118. The van der Waals surface area contributed by atoms with Gasteiger partial charge < -0.3 is 14.8 Å². The lowest BCUT2D eigenvalue weighted by molar-refractivity contribution is 0.0924. The Kier molecular flexibility index (Phi) is 4.23. The highest BCUT2D eigenvalue weighted by Crippen LogP contribution is 2.34. The van der Waals surface area contributed by atoms with Gasteiger partial charge in [-0.2, -0.15) is 5.10 Å². The highest BCUT2D eigenvalue weighted by Gasteiger charge is 2.23. The summed E-state index contributed by atoms with van der Waals surface area (Å²) in [4.78, 5) is 12.5. The van der Waals surface area contributed by atoms with Crippen molar-refractivity contribution in [2.45, 2.75) is 26.8 Å². The fourth-order valence-electron chi connectivity index (χ4n) is 2.69. The maximum atomic E-state index is 12.5. The van der Waals surface area contributed by atoms with Crippen LogP contribution in [0.1, 0.15) is 41.5 Å². The molecule has 2 heterocycles. The first kappa shape index (κ1) is 15.4. The molecular formula is C17H21N3O3. The molecule has 1 aromatic heterocycles. The average molecular weight is 315 g/mol. The lowest BCUT2D eigenvalue weighted by Gasteiger charge is -2.25. The molecule has 2 N–H and O–H groups in total. The molecule has 6 heteroatoms. The number of hydrogen-bond donors (Lipinski definition) is 2. The van der Waals surface area contributed by atoms with Crippen LogP contribution in [0.4, 0.5) is 0 Å². The van der Waals surface area contributed by atoms with E-state index in [0.29, 0.717) is 18.8 Å². The van der Waals surface area contributed by atoms with Gasteiger partial charge in [0, 0.05) is 5.69 Å². The third-order valence-corrected chi connectivity index (χ3v) is 3.95. The number of nitrogens with one attached hydrogen (secondary N) is 2. The number of nitrogens with zero attached hydrogens (tertiary/aromatic N) is 1. The Hall–Kier alpha value is -2.50. The van der Waals surface area contributed by atoms with Gasteiger partial charge in [0.1, 0.15) is 13.2 Å². The van der Waals surface area contributed by atoms with Crippen LogP contribution in [-0.4, -0.2) is 29.3 Å². The number of aromatic amines is 1. The molecule has 0 fully saturated rings. The topological polar surface area (TPSA) is 76.2 Å². The molecule has 3 rings (SSSR count). The molecule has 1 aliphatic rings. The fraction of sp³-hybridized carbons (Fsp3) is 0.412. The summed E-state index contributed by atoms with van der Waals surface area (Å²) in [5.74, 6) is 1.58. The van der Waals surface area contributed by atoms with E-state index in [0.717, 1.165) is 22.8 Å². The van der Waals surface area contributed by atoms with E-state index in [4.69, 9.17) is 9.47 Å². The van der Waals surface area contributed by atoms with Gasteiger partial charge in [0.25, 0.3) is 5.91 Å². The molecule has 122 valence electrons. The van der Waals surface area contributed by atoms with Crippen LogP contribution in [0.25, 0.3) is 0 Å². The number of fused-ring (bicyclic) bond motifs is 1. The van der Waals surface area contributed by atoms with Crippen molar-refractivity contribution in [3.63, 3.8) is 0 Å². The van der Waals surface area contributed by atoms with E-state index in [1.54, 1.807) is 6.20 Å². The summed E-state index contributed by atoms with van der Waals surface area (Å²) in [5, 5.41) is 9.78. The standard InChI is InChI=1S/C17H21N3O3/c1-10(2)16(19-17(21)13-9-18-20-11(13)3)12-4-5-14-15(8-12)23-7-6-22-14/h4-5,8-10,16H,6-7H2,1-3H3,(H,18,20)(H,19,21)/t16-/m1/s1. The zero-order valence-corrected chi connectivity index (χ0v) is 13.6. The van der Waals surface area contributed by atoms with Crippen LogP contribution in [0.15, 0.2) is 24.4 Å². The zero-order valence-electron chi connectivity index (χ0n) is 13.6. The summed E-state index contributed by atoms with van der Waals surface area (Å²) in [6, 6.07) is 5.70. The number of aromatic nitrogens is 2. The van der Waals surface area contributed by atoms with Crippen molar-refractivity contribution in [2.24, 2.45) is 5.92 Å². The molecule has 0 saturated carbocycles. The molecule has 1 amide bonds. The molecular weight excluding hydrogens is 294 g/mol. The number of amides is 1. The van der Waals surface area contributed by atoms with Crippen LogP contribution in [0.5, 0.6) is 11.5 Å². The third-order valence-electron chi connectivity index (χ3n) is 3.95. The van der Waals surface area contributed by atoms with Gasteiger partial charge in [-0.15, -0.1) is 0 Å². The summed E-state index contributed by atoms with van der Waals surface area (Å²) in [7, 11) is 0. The quantitative estimate of drug-likeness (QED) is 0.909. The van der Waals surface area contributed by atoms with E-state index in [9.17, 15) is 4.79 Å². The van der Waals surface area contributed by atoms with Crippen molar-refractivity contribution in [3.05, 3.63) is 41.2 Å². The predicted octanol–water partition coefficient (Wildman–Crippen LogP) is 2.62. The van der Waals surface area contributed by atoms with E-state index < -0.39 is 0 Å². The number of benzene rings is 1. The molecule has 1 aromatic carbocycles. The van der Waals surface area contributed by atoms with Crippen LogP contribution in [0.2, 0.25) is 0 Å². The first-order valence-electron chi connectivity index (χ1n) is 7.76. The van der Waals surface area contributed by atoms with Crippen molar-refractivity contribution >= 4 is 5.91 Å². The smallest absolute Gasteiger partial charge is 0.255 e. The number of hydrogen-bond acceptors (Lipinski definition) is 4. The van der Waals surface area contributed by atoms with Gasteiger partial charge in [-0.1, -0.05) is 19.9 Å². The van der Waals surface area contributed by atoms with Crippen molar-refractivity contribution < 1.29 is 14.3 Å². The number of H-pyrrole nitrogens is 1. The van der Waals surface area contributed by atoms with Gasteiger partial charge in [0.2, 0.25) is 0 Å². The SMILES string of the molecule is Cc1[nH]ncc1C(=O)N[C@@H](c1ccc2c(c1)OCCO2)C(C)C. The van der Waals surface area contributed by atoms with Crippen LogP contribution in [0, 0.1) is 12.8 Å². The van der Waals surface area contributed by atoms with Crippen molar-refractivity contribution in [2.75, 3.05) is 13.2 Å². The second kappa shape index (κ2) is 6.32. The summed E-state index contributed by atoms with van der Waals surface area (Å²) >= 11 is 0. The Morgan fingerprint density at radius 3 is 2.65 bits per heavy atom. The summed E-state index contributed by atoms with van der Waals surface area (Å²) in [6.07, 6.45) is 1.55. The predicted molar refractivity (Wildman–Crippen MR) is 85.8 cm³/mol. The molecule has 23 heavy (non-hydrogen) atoms. The fourth-order valence-corrected chi connectivity index (χ4v) is 2.69. The van der Waals surface area contributed by atoms with Gasteiger partial charge in [0.15, 0.2) is 11.5 Å². The third kappa shape index (κ3) is 3.16. The molecule has 0 unspecified atom stereocenters. The van der Waals surface area contributed by atoms with Crippen LogP contribution in [-0.2, 0) is 0 Å². The van der Waals surface area contributed by atoms with E-state index in [1.807, 2.05) is 25.1 Å². The molecule has 0 radical (unpaired) electrons. The largest absolute Gasteiger partial charge is 0.486 e. The first-order valence-corrected chi connectivity index (χ1v) is 7.76. The molecule has 6 nitrogen and oxygen atoms in total. The number of carbonyl (C=O) groups excluding carboxylic acids is 1. The van der Waals surface area contributed by atoms with Crippen LogP contribution < -0.4 is 14.8 Å². The molecule has 0 bridgehead atoms. The van der Waals surface area contributed by atoms with E-state index in [2.05, 4.69) is 29.4 Å². The van der Waals surface area contributed by atoms with Crippen molar-refractivity contribution in [1.82, 2.24) is 15.5 Å². The van der Waals surface area contributed by atoms with Crippen LogP contribution in [0.3, 0.4) is 0 Å². The number of aryl methyl sites for hydroxylation is 1. The minimum atomic E-state index is -0.134. The van der Waals surface area contributed by atoms with Gasteiger partial charge in [0.05, 0.1) is 17.8 Å². The second-order valence-corrected chi connectivity index (χ2v) is 6.01. The Balaban J connectivity index is 1.84. The van der Waals surface area contributed by atoms with Crippen molar-refractivity contribution in [1.29, 1.82) is 0 Å². The second-order valence-electron chi connectivity index (χ2n) is 6.01. The number of rotatable bonds is 4. The Morgan fingerprint density at radius 2 is 2.00 bits per heavy atom. The molecule has 0 spiro atoms. The van der Waals surface area contributed by atoms with Crippen molar-refractivity contribution in [3.8, 4) is 11.5 Å². The zero-order chi connectivity index (χ0) is 16.4. The maximum Gasteiger partial charge on any atom is 0.255 e. The highest BCUT2D eigenvalue weighted by molar-refractivity contribution is 5.95. The van der Waals surface area contributed by atoms with E-state index in [-0.39, 0.29) is 17.9 Å². The number of carbonyl (C=O) groups is 1. The summed E-state index contributed by atoms with van der Waals surface area (Å²) in [5.41, 5.74) is 2.32. The van der Waals surface area contributed by atoms with Gasteiger partial charge in [-0.25, -0.2) is 0 Å². The van der Waals surface area contributed by atoms with E-state index in [1.165, 1.54) is 0 Å². The molecule has 0 aliphatic carbocycles. The molecule has 0 saturated heterocycles.